The Hall–Kier alpha value is -2.89. The first-order valence-electron chi connectivity index (χ1n) is 8.90. The Morgan fingerprint density at radius 1 is 1.26 bits per heavy atom. The largest absolute Gasteiger partial charge is 0.495 e. The Bertz CT molecular complexity index is 986. The van der Waals surface area contributed by atoms with Gasteiger partial charge in [0.05, 0.1) is 24.9 Å². The van der Waals surface area contributed by atoms with Crippen molar-refractivity contribution in [2.24, 2.45) is 0 Å². The minimum atomic E-state index is -0.567. The van der Waals surface area contributed by atoms with Gasteiger partial charge in [0.1, 0.15) is 17.0 Å². The van der Waals surface area contributed by atoms with E-state index in [0.29, 0.717) is 11.3 Å². The molecule has 0 aromatic carbocycles. The van der Waals surface area contributed by atoms with Crippen LogP contribution >= 0.6 is 0 Å². The van der Waals surface area contributed by atoms with Gasteiger partial charge in [-0.25, -0.2) is 9.78 Å². The van der Waals surface area contributed by atoms with Gasteiger partial charge in [0.15, 0.2) is 0 Å². The van der Waals surface area contributed by atoms with Crippen molar-refractivity contribution >= 4 is 17.0 Å². The number of hydrogen-bond donors (Lipinski definition) is 0. The van der Waals surface area contributed by atoms with Gasteiger partial charge in [0.2, 0.25) is 0 Å². The number of carbonyl (C=O) groups excluding carboxylic acids is 1. The molecule has 0 saturated carbocycles. The summed E-state index contributed by atoms with van der Waals surface area (Å²) in [6.45, 7) is 9.56. The average Bonchev–Trinajstić information content (AvgIpc) is 2.91. The van der Waals surface area contributed by atoms with Gasteiger partial charge in [-0.2, -0.15) is 0 Å². The van der Waals surface area contributed by atoms with E-state index < -0.39 is 5.60 Å². The molecule has 142 valence electrons. The SMILES string of the molecule is COc1cncc(C(C)n2c(C)c(C(=O)OC(C)(C)C)c3cccnc32)c1. The first-order chi connectivity index (χ1) is 12.7. The average molecular weight is 367 g/mol. The van der Waals surface area contributed by atoms with Crippen molar-refractivity contribution in [3.05, 3.63) is 53.6 Å². The van der Waals surface area contributed by atoms with Crippen LogP contribution in [0, 0.1) is 6.92 Å². The minimum absolute atomic E-state index is 0.0822. The fourth-order valence-electron chi connectivity index (χ4n) is 3.24. The molecule has 0 aliphatic carbocycles. The van der Waals surface area contributed by atoms with Gasteiger partial charge in [-0.1, -0.05) is 0 Å². The van der Waals surface area contributed by atoms with Crippen molar-refractivity contribution in [1.29, 1.82) is 0 Å². The van der Waals surface area contributed by atoms with Crippen LogP contribution in [0.15, 0.2) is 36.8 Å². The predicted molar refractivity (Wildman–Crippen MR) is 104 cm³/mol. The summed E-state index contributed by atoms with van der Waals surface area (Å²) < 4.78 is 13.0. The minimum Gasteiger partial charge on any atom is -0.495 e. The molecule has 3 aromatic rings. The Labute approximate surface area is 159 Å². The zero-order valence-electron chi connectivity index (χ0n) is 16.6. The molecule has 0 aliphatic rings. The number of esters is 1. The highest BCUT2D eigenvalue weighted by molar-refractivity contribution is 6.05. The Kier molecular flexibility index (Phi) is 4.91. The first-order valence-corrected chi connectivity index (χ1v) is 8.90. The third kappa shape index (κ3) is 3.65. The smallest absolute Gasteiger partial charge is 0.341 e. The molecule has 0 saturated heterocycles. The summed E-state index contributed by atoms with van der Waals surface area (Å²) in [5.74, 6) is 0.349. The maximum Gasteiger partial charge on any atom is 0.341 e. The summed E-state index contributed by atoms with van der Waals surface area (Å²) in [7, 11) is 1.62. The van der Waals surface area contributed by atoms with E-state index in [4.69, 9.17) is 9.47 Å². The van der Waals surface area contributed by atoms with Crippen LogP contribution in [0.1, 0.15) is 55.4 Å². The van der Waals surface area contributed by atoms with Crippen molar-refractivity contribution < 1.29 is 14.3 Å². The van der Waals surface area contributed by atoms with E-state index in [1.807, 2.05) is 50.5 Å². The lowest BCUT2D eigenvalue weighted by Gasteiger charge is -2.20. The van der Waals surface area contributed by atoms with Crippen molar-refractivity contribution in [2.75, 3.05) is 7.11 Å². The fourth-order valence-corrected chi connectivity index (χ4v) is 3.24. The monoisotopic (exact) mass is 367 g/mol. The summed E-state index contributed by atoms with van der Waals surface area (Å²) in [6.07, 6.45) is 5.20. The summed E-state index contributed by atoms with van der Waals surface area (Å²) in [4.78, 5) is 21.7. The van der Waals surface area contributed by atoms with Crippen LogP contribution in [-0.2, 0) is 4.74 Å². The van der Waals surface area contributed by atoms with E-state index in [1.165, 1.54) is 0 Å². The number of rotatable bonds is 4. The molecule has 1 unspecified atom stereocenters. The third-order valence-electron chi connectivity index (χ3n) is 4.45. The van der Waals surface area contributed by atoms with Crippen molar-refractivity contribution in [3.8, 4) is 5.75 Å². The van der Waals surface area contributed by atoms with E-state index >= 15 is 0 Å². The van der Waals surface area contributed by atoms with Gasteiger partial charge in [0, 0.05) is 23.5 Å². The fraction of sp³-hybridized carbons (Fsp3) is 0.381. The highest BCUT2D eigenvalue weighted by Crippen LogP contribution is 2.32. The van der Waals surface area contributed by atoms with E-state index in [2.05, 4.69) is 16.9 Å². The molecule has 3 aromatic heterocycles. The van der Waals surface area contributed by atoms with Crippen LogP contribution in [0.3, 0.4) is 0 Å². The second-order valence-electron chi connectivity index (χ2n) is 7.54. The second-order valence-corrected chi connectivity index (χ2v) is 7.54. The summed E-state index contributed by atoms with van der Waals surface area (Å²) in [5, 5.41) is 0.784. The van der Waals surface area contributed by atoms with E-state index in [0.717, 1.165) is 22.3 Å². The summed E-state index contributed by atoms with van der Waals surface area (Å²) in [6, 6.07) is 5.60. The number of methoxy groups -OCH3 is 1. The first kappa shape index (κ1) is 18.9. The van der Waals surface area contributed by atoms with Gasteiger partial charge in [-0.05, 0) is 58.4 Å². The number of hydrogen-bond acceptors (Lipinski definition) is 5. The molecular formula is C21H25N3O3. The molecule has 6 heteroatoms. The van der Waals surface area contributed by atoms with Crippen LogP contribution in [0.4, 0.5) is 0 Å². The van der Waals surface area contributed by atoms with Gasteiger partial charge < -0.3 is 14.0 Å². The molecule has 0 fully saturated rings. The van der Waals surface area contributed by atoms with Crippen LogP contribution in [0.5, 0.6) is 5.75 Å². The van der Waals surface area contributed by atoms with E-state index in [-0.39, 0.29) is 12.0 Å². The number of ether oxygens (including phenoxy) is 2. The van der Waals surface area contributed by atoms with Crippen molar-refractivity contribution in [1.82, 2.24) is 14.5 Å². The van der Waals surface area contributed by atoms with Crippen LogP contribution in [0.25, 0.3) is 11.0 Å². The summed E-state index contributed by atoms with van der Waals surface area (Å²) >= 11 is 0. The molecule has 0 spiro atoms. The van der Waals surface area contributed by atoms with Gasteiger partial charge >= 0.3 is 5.97 Å². The Morgan fingerprint density at radius 2 is 2.00 bits per heavy atom. The molecule has 0 amide bonds. The lowest BCUT2D eigenvalue weighted by Crippen LogP contribution is -2.24. The molecule has 3 rings (SSSR count). The number of fused-ring (bicyclic) bond motifs is 1. The standard InChI is InChI=1S/C21H25N3O3/c1-13(15-10-16(26-6)12-22-11-15)24-14(2)18(20(25)27-21(3,4)5)17-8-7-9-23-19(17)24/h7-13H,1-6H3. The topological polar surface area (TPSA) is 66.2 Å². The highest BCUT2D eigenvalue weighted by atomic mass is 16.6. The van der Waals surface area contributed by atoms with Crippen LogP contribution in [-0.4, -0.2) is 33.2 Å². The number of carbonyl (C=O) groups is 1. The zero-order valence-corrected chi connectivity index (χ0v) is 16.6. The Morgan fingerprint density at radius 3 is 2.67 bits per heavy atom. The molecule has 3 heterocycles. The Balaban J connectivity index is 2.16. The van der Waals surface area contributed by atoms with Gasteiger partial charge in [-0.15, -0.1) is 0 Å². The molecule has 1 atom stereocenters. The zero-order chi connectivity index (χ0) is 19.8. The van der Waals surface area contributed by atoms with Crippen LogP contribution < -0.4 is 4.74 Å². The third-order valence-corrected chi connectivity index (χ3v) is 4.45. The van der Waals surface area contributed by atoms with Crippen molar-refractivity contribution in [3.63, 3.8) is 0 Å². The number of aromatic nitrogens is 3. The quantitative estimate of drug-likeness (QED) is 0.643. The second kappa shape index (κ2) is 7.02. The molecule has 27 heavy (non-hydrogen) atoms. The van der Waals surface area contributed by atoms with Gasteiger partial charge in [-0.3, -0.25) is 4.98 Å². The maximum atomic E-state index is 12.9. The van der Waals surface area contributed by atoms with E-state index in [9.17, 15) is 4.79 Å². The van der Waals surface area contributed by atoms with E-state index in [1.54, 1.807) is 25.7 Å². The number of nitrogens with zero attached hydrogens (tertiary/aromatic N) is 3. The number of pyridine rings is 2. The molecule has 0 bridgehead atoms. The highest BCUT2D eigenvalue weighted by Gasteiger charge is 2.27. The predicted octanol–water partition coefficient (Wildman–Crippen LogP) is 4.31. The molecule has 0 aliphatic heterocycles. The van der Waals surface area contributed by atoms with Crippen LogP contribution in [0.2, 0.25) is 0 Å². The maximum absolute atomic E-state index is 12.9. The lowest BCUT2D eigenvalue weighted by atomic mass is 10.1. The normalized spacial score (nSPS) is 12.8. The molecule has 6 nitrogen and oxygen atoms in total. The molecular weight excluding hydrogens is 342 g/mol. The van der Waals surface area contributed by atoms with Gasteiger partial charge in [0.25, 0.3) is 0 Å². The molecule has 0 radical (unpaired) electrons. The lowest BCUT2D eigenvalue weighted by molar-refractivity contribution is 0.00707. The van der Waals surface area contributed by atoms with Crippen molar-refractivity contribution in [2.45, 2.75) is 46.3 Å². The summed E-state index contributed by atoms with van der Waals surface area (Å²) in [5.41, 5.74) is 2.51. The molecule has 0 N–H and O–H groups in total.